The van der Waals surface area contributed by atoms with E-state index in [-0.39, 0.29) is 40.3 Å². The number of nitrogens with two attached hydrogens (primary N) is 2. The number of amides is 1. The topological polar surface area (TPSA) is 179 Å². The first-order valence-electron chi connectivity index (χ1n) is 9.25. The Labute approximate surface area is 171 Å². The molecule has 0 radical (unpaired) electrons. The summed E-state index contributed by atoms with van der Waals surface area (Å²) < 4.78 is 6.97. The molecular weight excluding hydrogens is 390 g/mol. The van der Waals surface area contributed by atoms with Gasteiger partial charge in [-0.2, -0.15) is 10.1 Å². The molecule has 0 saturated heterocycles. The van der Waals surface area contributed by atoms with E-state index in [1.54, 1.807) is 13.0 Å². The van der Waals surface area contributed by atoms with E-state index in [4.69, 9.17) is 15.9 Å². The van der Waals surface area contributed by atoms with E-state index in [9.17, 15) is 15.0 Å². The van der Waals surface area contributed by atoms with Gasteiger partial charge in [-0.3, -0.25) is 14.8 Å². The molecule has 0 aliphatic carbocycles. The average Bonchev–Trinajstić information content (AvgIpc) is 3.29. The van der Waals surface area contributed by atoms with Gasteiger partial charge < -0.3 is 26.1 Å². The number of fused-ring (bicyclic) bond motifs is 1. The summed E-state index contributed by atoms with van der Waals surface area (Å²) in [6.07, 6.45) is 2.24. The highest BCUT2D eigenvalue weighted by Gasteiger charge is 2.25. The number of nitrogens with zero attached hydrogens (tertiary/aromatic N) is 5. The van der Waals surface area contributed by atoms with Gasteiger partial charge in [-0.15, -0.1) is 0 Å². The number of primary amides is 1. The van der Waals surface area contributed by atoms with Crippen LogP contribution in [0.25, 0.3) is 16.7 Å². The third-order valence-corrected chi connectivity index (χ3v) is 4.25. The van der Waals surface area contributed by atoms with Crippen LogP contribution in [0.3, 0.4) is 0 Å². The van der Waals surface area contributed by atoms with Crippen molar-refractivity contribution < 1.29 is 19.4 Å². The summed E-state index contributed by atoms with van der Waals surface area (Å²) in [6.45, 7) is 5.10. The summed E-state index contributed by atoms with van der Waals surface area (Å²) in [6, 6.07) is 1.68. The second kappa shape index (κ2) is 8.33. The monoisotopic (exact) mass is 413 g/mol. The van der Waals surface area contributed by atoms with Crippen molar-refractivity contribution >= 4 is 22.5 Å². The van der Waals surface area contributed by atoms with Gasteiger partial charge >= 0.3 is 0 Å². The molecule has 1 amide bonds. The molecule has 30 heavy (non-hydrogen) atoms. The summed E-state index contributed by atoms with van der Waals surface area (Å²) in [4.78, 5) is 24.8. The number of hydrogen-bond acceptors (Lipinski definition) is 9. The van der Waals surface area contributed by atoms with Crippen LogP contribution < -0.4 is 11.5 Å². The number of pyridine rings is 1. The molecule has 3 rings (SSSR count). The number of allylic oxidation sites excluding steroid dienone is 2. The maximum absolute atomic E-state index is 11.9. The number of carbonyl (C=O) groups is 1. The molecule has 158 valence electrons. The van der Waals surface area contributed by atoms with Crippen LogP contribution in [-0.2, 0) is 6.61 Å². The standard InChI is InChI=1S/C19H23N7O4/c1-4-5-22-15(16(28)10(3)20)19-24-18(13(8-27)30-19)26-12-7-23-9(2)6-11(12)14(25-26)17(21)29/h6-7,27-28H,4-5,8,20H2,1-3H3,(H2,21,29)/b16-10+,22-15?. The SMILES string of the molecule is CCCN=C(/C(O)=C(/C)N)c1nc(-n2nc(C(N)=O)c3cc(C)ncc32)c(CO)o1. The summed E-state index contributed by atoms with van der Waals surface area (Å²) in [5, 5.41) is 24.9. The van der Waals surface area contributed by atoms with Gasteiger partial charge in [0.25, 0.3) is 11.8 Å². The van der Waals surface area contributed by atoms with Crippen molar-refractivity contribution in [2.75, 3.05) is 6.54 Å². The predicted molar refractivity (Wildman–Crippen MR) is 109 cm³/mol. The van der Waals surface area contributed by atoms with Crippen molar-refractivity contribution in [2.45, 2.75) is 33.8 Å². The minimum absolute atomic E-state index is 0.0318. The lowest BCUT2D eigenvalue weighted by molar-refractivity contribution is 0.0996. The molecule has 11 heteroatoms. The second-order valence-electron chi connectivity index (χ2n) is 6.65. The molecular formula is C19H23N7O4. The van der Waals surface area contributed by atoms with E-state index in [2.05, 4.69) is 20.1 Å². The maximum Gasteiger partial charge on any atom is 0.269 e. The molecule has 6 N–H and O–H groups in total. The number of aryl methyl sites for hydroxylation is 1. The van der Waals surface area contributed by atoms with Crippen molar-refractivity contribution in [1.29, 1.82) is 0 Å². The number of aliphatic imine (C=N–C) groups is 1. The van der Waals surface area contributed by atoms with Gasteiger partial charge in [-0.05, 0) is 26.3 Å². The normalized spacial score (nSPS) is 13.0. The molecule has 11 nitrogen and oxygen atoms in total. The van der Waals surface area contributed by atoms with Crippen LogP contribution in [0.1, 0.15) is 48.1 Å². The molecule has 0 atom stereocenters. The summed E-state index contributed by atoms with van der Waals surface area (Å²) in [5.74, 6) is -0.876. The van der Waals surface area contributed by atoms with Crippen molar-refractivity contribution in [3.05, 3.63) is 46.8 Å². The molecule has 0 aliphatic heterocycles. The molecule has 0 saturated carbocycles. The van der Waals surface area contributed by atoms with Crippen LogP contribution >= 0.6 is 0 Å². The zero-order valence-corrected chi connectivity index (χ0v) is 16.9. The molecule has 0 bridgehead atoms. The number of carbonyl (C=O) groups excluding carboxylic acids is 1. The lowest BCUT2D eigenvalue weighted by Crippen LogP contribution is -2.13. The fraction of sp³-hybridized carbons (Fsp3) is 0.316. The summed E-state index contributed by atoms with van der Waals surface area (Å²) in [7, 11) is 0. The highest BCUT2D eigenvalue weighted by molar-refractivity contribution is 6.08. The quantitative estimate of drug-likeness (QED) is 0.330. The Morgan fingerprint density at radius 2 is 2.10 bits per heavy atom. The summed E-state index contributed by atoms with van der Waals surface area (Å²) in [5.41, 5.74) is 12.5. The molecule has 0 spiro atoms. The Morgan fingerprint density at radius 3 is 2.70 bits per heavy atom. The number of rotatable bonds is 7. The largest absolute Gasteiger partial charge is 0.504 e. The van der Waals surface area contributed by atoms with E-state index in [0.29, 0.717) is 23.1 Å². The molecule has 0 fully saturated rings. The number of oxazole rings is 1. The van der Waals surface area contributed by atoms with E-state index in [1.807, 2.05) is 6.92 Å². The number of aliphatic hydroxyl groups excluding tert-OH is 2. The lowest BCUT2D eigenvalue weighted by atomic mass is 10.2. The first-order chi connectivity index (χ1) is 14.3. The Hall–Kier alpha value is -3.73. The maximum atomic E-state index is 11.9. The van der Waals surface area contributed by atoms with Gasteiger partial charge in [-0.25, -0.2) is 4.68 Å². The highest BCUT2D eigenvalue weighted by Crippen LogP contribution is 2.25. The van der Waals surface area contributed by atoms with Crippen molar-refractivity contribution in [1.82, 2.24) is 19.7 Å². The van der Waals surface area contributed by atoms with Gasteiger partial charge in [0.05, 0.1) is 11.7 Å². The molecule has 0 unspecified atom stereocenters. The number of aromatic nitrogens is 4. The molecule has 3 aromatic heterocycles. The Bertz CT molecular complexity index is 1170. The first kappa shape index (κ1) is 21.0. The smallest absolute Gasteiger partial charge is 0.269 e. The average molecular weight is 413 g/mol. The van der Waals surface area contributed by atoms with Crippen LogP contribution in [0.4, 0.5) is 0 Å². The van der Waals surface area contributed by atoms with Crippen LogP contribution in [0.2, 0.25) is 0 Å². The summed E-state index contributed by atoms with van der Waals surface area (Å²) >= 11 is 0. The lowest BCUT2D eigenvalue weighted by Gasteiger charge is -2.03. The minimum atomic E-state index is -0.719. The van der Waals surface area contributed by atoms with Gasteiger partial charge in [0.2, 0.25) is 0 Å². The fourth-order valence-corrected chi connectivity index (χ4v) is 2.83. The minimum Gasteiger partial charge on any atom is -0.504 e. The fourth-order valence-electron chi connectivity index (χ4n) is 2.83. The van der Waals surface area contributed by atoms with Crippen LogP contribution in [-0.4, -0.2) is 48.1 Å². The Balaban J connectivity index is 2.25. The third-order valence-electron chi connectivity index (χ3n) is 4.25. The van der Waals surface area contributed by atoms with Crippen molar-refractivity contribution in [3.8, 4) is 5.82 Å². The van der Waals surface area contributed by atoms with Crippen LogP contribution in [0.15, 0.2) is 33.1 Å². The van der Waals surface area contributed by atoms with Gasteiger partial charge in [0, 0.05) is 23.3 Å². The van der Waals surface area contributed by atoms with Gasteiger partial charge in [0.1, 0.15) is 6.61 Å². The van der Waals surface area contributed by atoms with E-state index < -0.39 is 12.5 Å². The van der Waals surface area contributed by atoms with Gasteiger partial charge in [0.15, 0.2) is 28.7 Å². The van der Waals surface area contributed by atoms with Crippen LogP contribution in [0.5, 0.6) is 0 Å². The van der Waals surface area contributed by atoms with E-state index in [0.717, 1.165) is 6.42 Å². The third kappa shape index (κ3) is 3.74. The zero-order valence-electron chi connectivity index (χ0n) is 16.9. The van der Waals surface area contributed by atoms with Crippen LogP contribution in [0, 0.1) is 6.92 Å². The molecule has 3 aromatic rings. The van der Waals surface area contributed by atoms with E-state index >= 15 is 0 Å². The first-order valence-corrected chi connectivity index (χ1v) is 9.25. The predicted octanol–water partition coefficient (Wildman–Crippen LogP) is 1.26. The number of aliphatic hydroxyl groups is 2. The van der Waals surface area contributed by atoms with E-state index in [1.165, 1.54) is 17.8 Å². The van der Waals surface area contributed by atoms with Gasteiger partial charge in [-0.1, -0.05) is 6.92 Å². The zero-order chi connectivity index (χ0) is 22.0. The molecule has 0 aromatic carbocycles. The van der Waals surface area contributed by atoms with Crippen molar-refractivity contribution in [2.24, 2.45) is 16.5 Å². The number of hydrogen-bond donors (Lipinski definition) is 4. The van der Waals surface area contributed by atoms with Crippen molar-refractivity contribution in [3.63, 3.8) is 0 Å². The highest BCUT2D eigenvalue weighted by atomic mass is 16.4. The second-order valence-corrected chi connectivity index (χ2v) is 6.65. The Morgan fingerprint density at radius 1 is 1.37 bits per heavy atom. The molecule has 0 aliphatic rings. The Kier molecular flexibility index (Phi) is 5.83. The molecule has 3 heterocycles.